The SMILES string of the molecule is CCOc1ccc(N(CC(=O)N/N=C\c2ccc(OC(C)=O)cc2)S(=O)(=O)c2ccccc2)cc1. The van der Waals surface area contributed by atoms with Crippen molar-refractivity contribution < 1.29 is 27.5 Å². The molecule has 3 aromatic carbocycles. The predicted octanol–water partition coefficient (Wildman–Crippen LogP) is 3.36. The van der Waals surface area contributed by atoms with Gasteiger partial charge in [-0.1, -0.05) is 18.2 Å². The van der Waals surface area contributed by atoms with E-state index in [4.69, 9.17) is 9.47 Å². The first-order chi connectivity index (χ1) is 16.8. The van der Waals surface area contributed by atoms with Crippen molar-refractivity contribution in [1.29, 1.82) is 0 Å². The number of hydrogen-bond donors (Lipinski definition) is 1. The number of sulfonamides is 1. The van der Waals surface area contributed by atoms with Gasteiger partial charge in [0.1, 0.15) is 18.0 Å². The summed E-state index contributed by atoms with van der Waals surface area (Å²) >= 11 is 0. The van der Waals surface area contributed by atoms with Gasteiger partial charge in [-0.25, -0.2) is 13.8 Å². The molecule has 0 aliphatic carbocycles. The Morgan fingerprint density at radius 2 is 1.57 bits per heavy atom. The number of benzene rings is 3. The van der Waals surface area contributed by atoms with E-state index in [0.717, 1.165) is 4.31 Å². The van der Waals surface area contributed by atoms with E-state index in [-0.39, 0.29) is 4.90 Å². The molecule has 0 unspecified atom stereocenters. The van der Waals surface area contributed by atoms with Gasteiger partial charge in [0.15, 0.2) is 0 Å². The van der Waals surface area contributed by atoms with Crippen LogP contribution in [-0.2, 0) is 19.6 Å². The van der Waals surface area contributed by atoms with Crippen molar-refractivity contribution in [3.63, 3.8) is 0 Å². The number of nitrogens with zero attached hydrogens (tertiary/aromatic N) is 2. The number of carbonyl (C=O) groups excluding carboxylic acids is 2. The second-order valence-corrected chi connectivity index (χ2v) is 9.07. The number of carbonyl (C=O) groups is 2. The average Bonchev–Trinajstić information content (AvgIpc) is 2.84. The van der Waals surface area contributed by atoms with Gasteiger partial charge in [0.25, 0.3) is 15.9 Å². The molecule has 0 bridgehead atoms. The molecule has 182 valence electrons. The van der Waals surface area contributed by atoms with Crippen LogP contribution in [0.4, 0.5) is 5.69 Å². The smallest absolute Gasteiger partial charge is 0.308 e. The van der Waals surface area contributed by atoms with Crippen LogP contribution in [0.2, 0.25) is 0 Å². The Labute approximate surface area is 204 Å². The molecule has 35 heavy (non-hydrogen) atoms. The zero-order valence-electron chi connectivity index (χ0n) is 19.2. The monoisotopic (exact) mass is 495 g/mol. The molecule has 10 heteroatoms. The largest absolute Gasteiger partial charge is 0.494 e. The minimum absolute atomic E-state index is 0.0538. The molecule has 0 aliphatic heterocycles. The summed E-state index contributed by atoms with van der Waals surface area (Å²) in [6.45, 7) is 3.13. The lowest BCUT2D eigenvalue weighted by molar-refractivity contribution is -0.131. The van der Waals surface area contributed by atoms with Crippen molar-refractivity contribution in [3.05, 3.63) is 84.4 Å². The second-order valence-electron chi connectivity index (χ2n) is 7.21. The van der Waals surface area contributed by atoms with Gasteiger partial charge < -0.3 is 9.47 Å². The van der Waals surface area contributed by atoms with Gasteiger partial charge >= 0.3 is 5.97 Å². The Balaban J connectivity index is 1.76. The number of ether oxygens (including phenoxy) is 2. The van der Waals surface area contributed by atoms with E-state index in [1.165, 1.54) is 25.3 Å². The topological polar surface area (TPSA) is 114 Å². The number of anilines is 1. The fourth-order valence-corrected chi connectivity index (χ4v) is 4.48. The lowest BCUT2D eigenvalue weighted by atomic mass is 10.2. The standard InChI is InChI=1S/C25H25N3O6S/c1-3-33-22-15-11-21(12-16-22)28(35(31,32)24-7-5-4-6-8-24)18-25(30)27-26-17-20-9-13-23(14-10-20)34-19(2)29/h4-17H,3,18H2,1-2H3,(H,27,30)/b26-17-. The summed E-state index contributed by atoms with van der Waals surface area (Å²) in [4.78, 5) is 23.7. The molecule has 3 aromatic rings. The molecule has 0 radical (unpaired) electrons. The van der Waals surface area contributed by atoms with Crippen LogP contribution in [0.1, 0.15) is 19.4 Å². The predicted molar refractivity (Wildman–Crippen MR) is 132 cm³/mol. The Bertz CT molecular complexity index is 1280. The van der Waals surface area contributed by atoms with Gasteiger partial charge in [-0.2, -0.15) is 5.10 Å². The van der Waals surface area contributed by atoms with Gasteiger partial charge in [-0.05, 0) is 73.2 Å². The Kier molecular flexibility index (Phi) is 8.58. The minimum atomic E-state index is -4.03. The summed E-state index contributed by atoms with van der Waals surface area (Å²) in [5.41, 5.74) is 3.29. The lowest BCUT2D eigenvalue weighted by Gasteiger charge is -2.24. The number of hydrogen-bond acceptors (Lipinski definition) is 7. The van der Waals surface area contributed by atoms with E-state index in [0.29, 0.717) is 29.4 Å². The Morgan fingerprint density at radius 1 is 0.943 bits per heavy atom. The van der Waals surface area contributed by atoms with E-state index in [2.05, 4.69) is 10.5 Å². The van der Waals surface area contributed by atoms with Crippen molar-refractivity contribution in [1.82, 2.24) is 5.43 Å². The van der Waals surface area contributed by atoms with E-state index >= 15 is 0 Å². The maximum Gasteiger partial charge on any atom is 0.308 e. The van der Waals surface area contributed by atoms with Crippen LogP contribution in [0, 0.1) is 0 Å². The molecule has 0 atom stereocenters. The van der Waals surface area contributed by atoms with E-state index in [9.17, 15) is 18.0 Å². The fraction of sp³-hybridized carbons (Fsp3) is 0.160. The summed E-state index contributed by atoms with van der Waals surface area (Å²) in [6, 6.07) is 20.8. The van der Waals surface area contributed by atoms with Crippen LogP contribution in [0.5, 0.6) is 11.5 Å². The van der Waals surface area contributed by atoms with Gasteiger partial charge in [0.05, 0.1) is 23.4 Å². The third-order valence-corrected chi connectivity index (χ3v) is 6.39. The zero-order valence-corrected chi connectivity index (χ0v) is 20.1. The van der Waals surface area contributed by atoms with Gasteiger partial charge in [0, 0.05) is 6.92 Å². The van der Waals surface area contributed by atoms with Crippen LogP contribution >= 0.6 is 0 Å². The molecule has 1 N–H and O–H groups in total. The highest BCUT2D eigenvalue weighted by Gasteiger charge is 2.27. The van der Waals surface area contributed by atoms with Gasteiger partial charge in [-0.15, -0.1) is 0 Å². The molecular weight excluding hydrogens is 470 g/mol. The van der Waals surface area contributed by atoms with Gasteiger partial charge in [0.2, 0.25) is 0 Å². The molecule has 0 spiro atoms. The summed E-state index contributed by atoms with van der Waals surface area (Å²) in [6.07, 6.45) is 1.39. The highest BCUT2D eigenvalue weighted by atomic mass is 32.2. The molecular formula is C25H25N3O6S. The first kappa shape index (κ1) is 25.4. The number of rotatable bonds is 10. The van der Waals surface area contributed by atoms with Crippen LogP contribution in [0.3, 0.4) is 0 Å². The molecule has 0 aliphatic rings. The normalized spacial score (nSPS) is 11.1. The molecule has 9 nitrogen and oxygen atoms in total. The number of esters is 1. The molecule has 1 amide bonds. The van der Waals surface area contributed by atoms with E-state index in [1.54, 1.807) is 66.7 Å². The first-order valence-electron chi connectivity index (χ1n) is 10.7. The average molecular weight is 496 g/mol. The van der Waals surface area contributed by atoms with Crippen molar-refractivity contribution in [2.75, 3.05) is 17.5 Å². The number of amides is 1. The van der Waals surface area contributed by atoms with Crippen molar-refractivity contribution >= 4 is 33.8 Å². The first-order valence-corrected chi connectivity index (χ1v) is 12.1. The van der Waals surface area contributed by atoms with E-state index < -0.39 is 28.4 Å². The molecule has 0 saturated carbocycles. The number of nitrogens with one attached hydrogen (secondary N) is 1. The Hall–Kier alpha value is -4.18. The quantitative estimate of drug-likeness (QED) is 0.200. The summed E-state index contributed by atoms with van der Waals surface area (Å²) in [5.74, 6) is -0.0923. The van der Waals surface area contributed by atoms with E-state index in [1.807, 2.05) is 6.92 Å². The second kappa shape index (κ2) is 11.8. The highest BCUT2D eigenvalue weighted by molar-refractivity contribution is 7.92. The van der Waals surface area contributed by atoms with Gasteiger partial charge in [-0.3, -0.25) is 13.9 Å². The third-order valence-electron chi connectivity index (χ3n) is 4.60. The van der Waals surface area contributed by atoms with Crippen molar-refractivity contribution in [2.45, 2.75) is 18.7 Å². The fourth-order valence-electron chi connectivity index (χ4n) is 3.04. The lowest BCUT2D eigenvalue weighted by Crippen LogP contribution is -2.39. The maximum absolute atomic E-state index is 13.3. The van der Waals surface area contributed by atoms with Crippen LogP contribution in [0.15, 0.2) is 88.9 Å². The van der Waals surface area contributed by atoms with Crippen LogP contribution in [0.25, 0.3) is 0 Å². The summed E-state index contributed by atoms with van der Waals surface area (Å²) < 4.78 is 38.0. The molecule has 0 fully saturated rings. The molecule has 0 heterocycles. The molecule has 0 aromatic heterocycles. The third kappa shape index (κ3) is 7.15. The van der Waals surface area contributed by atoms with Crippen molar-refractivity contribution in [3.8, 4) is 11.5 Å². The summed E-state index contributed by atoms with van der Waals surface area (Å²) in [7, 11) is -4.03. The maximum atomic E-state index is 13.3. The van der Waals surface area contributed by atoms with Crippen molar-refractivity contribution in [2.24, 2.45) is 5.10 Å². The minimum Gasteiger partial charge on any atom is -0.494 e. The van der Waals surface area contributed by atoms with Crippen LogP contribution < -0.4 is 19.2 Å². The Morgan fingerprint density at radius 3 is 2.17 bits per heavy atom. The van der Waals surface area contributed by atoms with Crippen LogP contribution in [-0.4, -0.2) is 39.7 Å². The zero-order chi connectivity index (χ0) is 25.3. The highest BCUT2D eigenvalue weighted by Crippen LogP contribution is 2.25. The summed E-state index contributed by atoms with van der Waals surface area (Å²) in [5, 5.41) is 3.90. The molecule has 0 saturated heterocycles. The number of hydrazone groups is 1. The molecule has 3 rings (SSSR count).